The zero-order valence-electron chi connectivity index (χ0n) is 5.61. The van der Waals surface area contributed by atoms with E-state index in [1.54, 1.807) is 0 Å². The number of anilines is 1. The molecule has 3 N–H and O–H groups in total. The zero-order chi connectivity index (χ0) is 7.84. The van der Waals surface area contributed by atoms with E-state index in [1.807, 2.05) is 0 Å². The summed E-state index contributed by atoms with van der Waals surface area (Å²) < 4.78 is 4.96. The summed E-state index contributed by atoms with van der Waals surface area (Å²) in [6, 6.07) is 2.92. The lowest BCUT2D eigenvalue weighted by Crippen LogP contribution is -1.84. The summed E-state index contributed by atoms with van der Waals surface area (Å²) in [7, 11) is 0. The van der Waals surface area contributed by atoms with Crippen molar-refractivity contribution in [3.05, 3.63) is 18.5 Å². The van der Waals surface area contributed by atoms with E-state index in [1.165, 1.54) is 18.5 Å². The minimum atomic E-state index is 0.101. The van der Waals surface area contributed by atoms with Crippen LogP contribution in [0.1, 0.15) is 0 Å². The maximum Gasteiger partial charge on any atom is 0.182 e. The molecule has 0 bridgehead atoms. The van der Waals surface area contributed by atoms with Crippen molar-refractivity contribution in [3.63, 3.8) is 0 Å². The number of oxazole rings is 1. The van der Waals surface area contributed by atoms with Gasteiger partial charge in [0.25, 0.3) is 0 Å². The maximum absolute atomic E-state index is 9.07. The van der Waals surface area contributed by atoms with Crippen LogP contribution in [0.25, 0.3) is 11.1 Å². The molecule has 56 valence electrons. The summed E-state index contributed by atoms with van der Waals surface area (Å²) in [6.45, 7) is 0. The van der Waals surface area contributed by atoms with E-state index >= 15 is 0 Å². The molecule has 0 radical (unpaired) electrons. The van der Waals surface area contributed by atoms with Crippen LogP contribution >= 0.6 is 0 Å². The molecule has 0 spiro atoms. The maximum atomic E-state index is 9.07. The van der Waals surface area contributed by atoms with E-state index in [0.29, 0.717) is 16.8 Å². The molecule has 1 aromatic heterocycles. The summed E-state index contributed by atoms with van der Waals surface area (Å²) in [5, 5.41) is 9.07. The second kappa shape index (κ2) is 1.88. The zero-order valence-corrected chi connectivity index (χ0v) is 5.61. The number of hydrogen-bond donors (Lipinski definition) is 2. The van der Waals surface area contributed by atoms with E-state index in [9.17, 15) is 0 Å². The highest BCUT2D eigenvalue weighted by Gasteiger charge is 2.03. The number of aromatic hydroxyl groups is 1. The molecule has 1 aromatic carbocycles. The molecular weight excluding hydrogens is 144 g/mol. The summed E-state index contributed by atoms with van der Waals surface area (Å²) in [6.07, 6.45) is 1.29. The van der Waals surface area contributed by atoms with Crippen LogP contribution in [0.5, 0.6) is 5.75 Å². The highest BCUT2D eigenvalue weighted by molar-refractivity contribution is 5.86. The summed E-state index contributed by atoms with van der Waals surface area (Å²) in [5.41, 5.74) is 7.00. The summed E-state index contributed by atoms with van der Waals surface area (Å²) >= 11 is 0. The first kappa shape index (κ1) is 6.03. The molecule has 0 aliphatic rings. The van der Waals surface area contributed by atoms with Crippen molar-refractivity contribution in [2.75, 3.05) is 5.73 Å². The van der Waals surface area contributed by atoms with Gasteiger partial charge in [0.2, 0.25) is 0 Å². The third-order valence-corrected chi connectivity index (χ3v) is 1.45. The second-order valence-electron chi connectivity index (χ2n) is 2.24. The monoisotopic (exact) mass is 150 g/mol. The smallest absolute Gasteiger partial charge is 0.182 e. The normalized spacial score (nSPS) is 10.5. The first-order valence-corrected chi connectivity index (χ1v) is 3.09. The minimum Gasteiger partial charge on any atom is -0.508 e. The van der Waals surface area contributed by atoms with Crippen molar-refractivity contribution in [1.82, 2.24) is 4.98 Å². The molecule has 1 heterocycles. The number of nitrogens with zero attached hydrogens (tertiary/aromatic N) is 1. The lowest BCUT2D eigenvalue weighted by Gasteiger charge is -1.94. The van der Waals surface area contributed by atoms with Crippen LogP contribution in [0.4, 0.5) is 5.69 Å². The molecule has 2 aromatic rings. The lowest BCUT2D eigenvalue weighted by atomic mass is 10.3. The number of aromatic nitrogens is 1. The van der Waals surface area contributed by atoms with Gasteiger partial charge in [-0.2, -0.15) is 0 Å². The molecule has 0 atom stereocenters. The van der Waals surface area contributed by atoms with Crippen LogP contribution < -0.4 is 5.73 Å². The Morgan fingerprint density at radius 1 is 1.45 bits per heavy atom. The SMILES string of the molecule is Nc1cc(O)cc2ncoc12. The number of rotatable bonds is 0. The van der Waals surface area contributed by atoms with E-state index in [0.717, 1.165) is 0 Å². The van der Waals surface area contributed by atoms with Crippen LogP contribution in [-0.2, 0) is 0 Å². The van der Waals surface area contributed by atoms with Gasteiger partial charge in [-0.15, -0.1) is 0 Å². The first-order valence-electron chi connectivity index (χ1n) is 3.09. The number of benzene rings is 1. The van der Waals surface area contributed by atoms with Crippen LogP contribution in [-0.4, -0.2) is 10.1 Å². The molecule has 0 saturated heterocycles. The first-order chi connectivity index (χ1) is 5.27. The van der Waals surface area contributed by atoms with Crippen molar-refractivity contribution in [1.29, 1.82) is 0 Å². The Morgan fingerprint density at radius 2 is 2.27 bits per heavy atom. The van der Waals surface area contributed by atoms with Gasteiger partial charge in [-0.3, -0.25) is 0 Å². The Labute approximate surface area is 62.3 Å². The van der Waals surface area contributed by atoms with Gasteiger partial charge in [0.15, 0.2) is 12.0 Å². The molecule has 0 aliphatic carbocycles. The number of hydrogen-bond acceptors (Lipinski definition) is 4. The highest BCUT2D eigenvalue weighted by Crippen LogP contribution is 2.24. The Balaban J connectivity index is 2.91. The molecular formula is C7H6N2O2. The van der Waals surface area contributed by atoms with Gasteiger partial charge in [-0.1, -0.05) is 0 Å². The molecule has 0 aliphatic heterocycles. The minimum absolute atomic E-state index is 0.101. The van der Waals surface area contributed by atoms with E-state index in [2.05, 4.69) is 4.98 Å². The van der Waals surface area contributed by atoms with Crippen LogP contribution in [0.3, 0.4) is 0 Å². The third-order valence-electron chi connectivity index (χ3n) is 1.45. The van der Waals surface area contributed by atoms with Gasteiger partial charge in [-0.25, -0.2) is 4.98 Å². The quantitative estimate of drug-likeness (QED) is 0.552. The van der Waals surface area contributed by atoms with Gasteiger partial charge in [-0.05, 0) is 0 Å². The van der Waals surface area contributed by atoms with Crippen LogP contribution in [0, 0.1) is 0 Å². The predicted octanol–water partition coefficient (Wildman–Crippen LogP) is 1.12. The van der Waals surface area contributed by atoms with Crippen molar-refractivity contribution in [2.24, 2.45) is 0 Å². The van der Waals surface area contributed by atoms with Crippen molar-refractivity contribution < 1.29 is 9.52 Å². The number of phenolic OH excluding ortho intramolecular Hbond substituents is 1. The molecule has 4 nitrogen and oxygen atoms in total. The summed E-state index contributed by atoms with van der Waals surface area (Å²) in [5.74, 6) is 0.101. The van der Waals surface area contributed by atoms with Gasteiger partial charge < -0.3 is 15.3 Å². The lowest BCUT2D eigenvalue weighted by molar-refractivity contribution is 0.476. The van der Waals surface area contributed by atoms with E-state index < -0.39 is 0 Å². The summed E-state index contributed by atoms with van der Waals surface area (Å²) in [4.78, 5) is 3.83. The highest BCUT2D eigenvalue weighted by atomic mass is 16.3. The topological polar surface area (TPSA) is 72.3 Å². The molecule has 0 saturated carbocycles. The molecule has 11 heavy (non-hydrogen) atoms. The van der Waals surface area contributed by atoms with Gasteiger partial charge in [0.1, 0.15) is 11.3 Å². The van der Waals surface area contributed by atoms with E-state index in [-0.39, 0.29) is 5.75 Å². The van der Waals surface area contributed by atoms with Gasteiger partial charge in [0.05, 0.1) is 5.69 Å². The average molecular weight is 150 g/mol. The molecule has 0 fully saturated rings. The van der Waals surface area contributed by atoms with Crippen molar-refractivity contribution >= 4 is 16.8 Å². The molecule has 0 unspecified atom stereocenters. The van der Waals surface area contributed by atoms with Crippen LogP contribution in [0.2, 0.25) is 0 Å². The Bertz CT molecular complexity index is 394. The third kappa shape index (κ3) is 0.797. The Morgan fingerprint density at radius 3 is 3.09 bits per heavy atom. The average Bonchev–Trinajstić information content (AvgIpc) is 2.34. The number of nitrogens with two attached hydrogens (primary N) is 1. The Kier molecular flexibility index (Phi) is 1.03. The van der Waals surface area contributed by atoms with Crippen molar-refractivity contribution in [2.45, 2.75) is 0 Å². The standard InChI is InChI=1S/C7H6N2O2/c8-5-1-4(10)2-6-7(5)11-3-9-6/h1-3,10H,8H2. The molecule has 2 rings (SSSR count). The number of phenols is 1. The number of fused-ring (bicyclic) bond motifs is 1. The molecule has 4 heteroatoms. The Hall–Kier alpha value is -1.71. The fourth-order valence-corrected chi connectivity index (χ4v) is 0.980. The van der Waals surface area contributed by atoms with E-state index in [4.69, 9.17) is 15.3 Å². The fourth-order valence-electron chi connectivity index (χ4n) is 0.980. The van der Waals surface area contributed by atoms with Gasteiger partial charge in [0, 0.05) is 12.1 Å². The molecule has 0 amide bonds. The van der Waals surface area contributed by atoms with Crippen LogP contribution in [0.15, 0.2) is 22.9 Å². The fraction of sp³-hybridized carbons (Fsp3) is 0. The van der Waals surface area contributed by atoms with Crippen molar-refractivity contribution in [3.8, 4) is 5.75 Å². The number of nitrogen functional groups attached to an aromatic ring is 1. The predicted molar refractivity (Wildman–Crippen MR) is 40.1 cm³/mol. The second-order valence-corrected chi connectivity index (χ2v) is 2.24. The largest absolute Gasteiger partial charge is 0.508 e. The van der Waals surface area contributed by atoms with Gasteiger partial charge >= 0.3 is 0 Å².